The third-order valence-corrected chi connectivity index (χ3v) is 4.34. The van der Waals surface area contributed by atoms with E-state index in [1.165, 1.54) is 22.8 Å². The number of para-hydroxylation sites is 1. The van der Waals surface area contributed by atoms with Crippen LogP contribution >= 0.6 is 11.8 Å². The molecule has 0 radical (unpaired) electrons. The molecule has 2 heterocycles. The van der Waals surface area contributed by atoms with Crippen LogP contribution in [-0.4, -0.2) is 52.6 Å². The van der Waals surface area contributed by atoms with Crippen molar-refractivity contribution in [2.24, 2.45) is 0 Å². The molecular formula is C16H13N9OS. The van der Waals surface area contributed by atoms with Crippen molar-refractivity contribution in [3.8, 4) is 11.4 Å². The molecule has 1 N–H and O–H groups in total. The molecule has 0 fully saturated rings. The summed E-state index contributed by atoms with van der Waals surface area (Å²) in [5, 5.41) is 26.2. The number of benzene rings is 2. The van der Waals surface area contributed by atoms with E-state index in [0.717, 1.165) is 5.69 Å². The van der Waals surface area contributed by atoms with Crippen LogP contribution in [0.15, 0.2) is 60.0 Å². The first-order valence-electron chi connectivity index (χ1n) is 7.83. The maximum absolute atomic E-state index is 12.8. The Hall–Kier alpha value is -3.60. The van der Waals surface area contributed by atoms with E-state index in [4.69, 9.17) is 0 Å². The lowest BCUT2D eigenvalue weighted by Gasteiger charge is -2.10. The zero-order valence-corrected chi connectivity index (χ0v) is 14.9. The number of nitrogens with one attached hydrogen (secondary N) is 1. The summed E-state index contributed by atoms with van der Waals surface area (Å²) in [6.45, 7) is 0. The van der Waals surface area contributed by atoms with Gasteiger partial charge in [0, 0.05) is 5.69 Å². The zero-order valence-electron chi connectivity index (χ0n) is 14.1. The van der Waals surface area contributed by atoms with Crippen LogP contribution in [0.25, 0.3) is 11.4 Å². The number of carbonyl (C=O) groups is 1. The monoisotopic (exact) mass is 379 g/mol. The number of aromatic nitrogens is 8. The van der Waals surface area contributed by atoms with E-state index < -0.39 is 0 Å². The van der Waals surface area contributed by atoms with Crippen LogP contribution in [0.1, 0.15) is 10.4 Å². The molecule has 134 valence electrons. The predicted octanol–water partition coefficient (Wildman–Crippen LogP) is 1.61. The third-order valence-electron chi connectivity index (χ3n) is 3.72. The number of hydrogen-bond acceptors (Lipinski definition) is 8. The molecule has 0 aliphatic carbocycles. The number of hydrogen-bond donors (Lipinski definition) is 1. The van der Waals surface area contributed by atoms with E-state index in [-0.39, 0.29) is 5.91 Å². The maximum Gasteiger partial charge on any atom is 0.257 e. The summed E-state index contributed by atoms with van der Waals surface area (Å²) in [6, 6.07) is 14.4. The Morgan fingerprint density at radius 1 is 1.07 bits per heavy atom. The number of tetrazole rings is 2. The summed E-state index contributed by atoms with van der Waals surface area (Å²) in [7, 11) is 0. The van der Waals surface area contributed by atoms with Crippen LogP contribution in [0, 0.1) is 0 Å². The lowest BCUT2D eigenvalue weighted by atomic mass is 10.1. The van der Waals surface area contributed by atoms with E-state index in [2.05, 4.69) is 36.4 Å². The van der Waals surface area contributed by atoms with Crippen molar-refractivity contribution in [2.45, 2.75) is 5.16 Å². The average Bonchev–Trinajstić information content (AvgIpc) is 3.40. The van der Waals surface area contributed by atoms with Crippen molar-refractivity contribution in [2.75, 3.05) is 11.6 Å². The number of nitrogens with zero attached hydrogens (tertiary/aromatic N) is 8. The van der Waals surface area contributed by atoms with E-state index in [0.29, 0.717) is 22.1 Å². The van der Waals surface area contributed by atoms with E-state index in [9.17, 15) is 4.79 Å². The first-order valence-corrected chi connectivity index (χ1v) is 9.05. The Bertz CT molecular complexity index is 1080. The van der Waals surface area contributed by atoms with Gasteiger partial charge < -0.3 is 5.32 Å². The Morgan fingerprint density at radius 2 is 1.96 bits per heavy atom. The summed E-state index contributed by atoms with van der Waals surface area (Å²) < 4.78 is 3.05. The van der Waals surface area contributed by atoms with E-state index in [1.54, 1.807) is 35.0 Å². The quantitative estimate of drug-likeness (QED) is 0.520. The molecule has 27 heavy (non-hydrogen) atoms. The summed E-state index contributed by atoms with van der Waals surface area (Å²) in [5.74, 6) is -0.278. The van der Waals surface area contributed by atoms with Crippen LogP contribution in [0.2, 0.25) is 0 Å². The van der Waals surface area contributed by atoms with Gasteiger partial charge in [0.05, 0.1) is 16.9 Å². The molecule has 2 aromatic carbocycles. The normalized spacial score (nSPS) is 10.7. The van der Waals surface area contributed by atoms with Crippen molar-refractivity contribution in [3.63, 3.8) is 0 Å². The topological polar surface area (TPSA) is 116 Å². The second-order valence-corrected chi connectivity index (χ2v) is 6.13. The van der Waals surface area contributed by atoms with Crippen LogP contribution in [0.3, 0.4) is 0 Å². The molecule has 4 aromatic rings. The van der Waals surface area contributed by atoms with E-state index in [1.807, 2.05) is 24.5 Å². The zero-order chi connectivity index (χ0) is 18.6. The fraction of sp³-hybridized carbons (Fsp3) is 0.0625. The summed E-state index contributed by atoms with van der Waals surface area (Å²) in [6.07, 6.45) is 3.33. The molecule has 0 saturated heterocycles. The van der Waals surface area contributed by atoms with Gasteiger partial charge in [0.25, 0.3) is 5.91 Å². The van der Waals surface area contributed by atoms with Gasteiger partial charge in [0.15, 0.2) is 0 Å². The van der Waals surface area contributed by atoms with Crippen LogP contribution in [0.5, 0.6) is 0 Å². The minimum Gasteiger partial charge on any atom is -0.322 e. The summed E-state index contributed by atoms with van der Waals surface area (Å²) in [4.78, 5) is 12.8. The average molecular weight is 379 g/mol. The fourth-order valence-electron chi connectivity index (χ4n) is 2.52. The van der Waals surface area contributed by atoms with Gasteiger partial charge in [-0.1, -0.05) is 30.0 Å². The minimum absolute atomic E-state index is 0.278. The van der Waals surface area contributed by atoms with Crippen molar-refractivity contribution < 1.29 is 4.79 Å². The molecule has 1 amide bonds. The first-order chi connectivity index (χ1) is 13.3. The van der Waals surface area contributed by atoms with Crippen LogP contribution in [0.4, 0.5) is 5.69 Å². The molecule has 0 unspecified atom stereocenters. The molecule has 4 rings (SSSR count). The third kappa shape index (κ3) is 3.40. The molecule has 11 heteroatoms. The maximum atomic E-state index is 12.8. The van der Waals surface area contributed by atoms with Gasteiger partial charge in [-0.15, -0.1) is 10.2 Å². The number of rotatable bonds is 5. The second-order valence-electron chi connectivity index (χ2n) is 5.35. The largest absolute Gasteiger partial charge is 0.322 e. The smallest absolute Gasteiger partial charge is 0.257 e. The van der Waals surface area contributed by atoms with Crippen molar-refractivity contribution in [3.05, 3.63) is 60.4 Å². The van der Waals surface area contributed by atoms with Gasteiger partial charge in [-0.3, -0.25) is 4.79 Å². The molecular weight excluding hydrogens is 366 g/mol. The number of thioether (sulfide) groups is 1. The second kappa shape index (κ2) is 7.33. The number of anilines is 1. The van der Waals surface area contributed by atoms with Crippen molar-refractivity contribution >= 4 is 23.4 Å². The SMILES string of the molecule is CSc1nnnn1-c1cccc(NC(=O)c2ccccc2-n2cnnn2)c1. The number of carbonyl (C=O) groups excluding carboxylic acids is 1. The van der Waals surface area contributed by atoms with Gasteiger partial charge in [0.1, 0.15) is 6.33 Å². The Morgan fingerprint density at radius 3 is 2.78 bits per heavy atom. The summed E-state index contributed by atoms with van der Waals surface area (Å²) >= 11 is 1.43. The van der Waals surface area contributed by atoms with Crippen LogP contribution < -0.4 is 5.32 Å². The molecule has 0 spiro atoms. The number of amides is 1. The standard InChI is InChI=1S/C16H13N9OS/c1-27-16-19-21-23-25(16)12-6-4-5-11(9-12)18-15(26)13-7-2-3-8-14(13)24-10-17-20-22-24/h2-10H,1H3,(H,18,26). The van der Waals surface area contributed by atoms with Gasteiger partial charge in [-0.25, -0.2) is 0 Å². The molecule has 0 aliphatic rings. The fourth-order valence-corrected chi connectivity index (χ4v) is 2.95. The van der Waals surface area contributed by atoms with Crippen molar-refractivity contribution in [1.82, 2.24) is 40.4 Å². The molecule has 10 nitrogen and oxygen atoms in total. The minimum atomic E-state index is -0.278. The highest BCUT2D eigenvalue weighted by Crippen LogP contribution is 2.20. The Kier molecular flexibility index (Phi) is 4.58. The predicted molar refractivity (Wildman–Crippen MR) is 98.0 cm³/mol. The van der Waals surface area contributed by atoms with Gasteiger partial charge in [-0.2, -0.15) is 9.36 Å². The molecule has 0 atom stereocenters. The molecule has 0 saturated carbocycles. The Labute approximate surface area is 157 Å². The van der Waals surface area contributed by atoms with Crippen LogP contribution in [-0.2, 0) is 0 Å². The first kappa shape index (κ1) is 16.8. The van der Waals surface area contributed by atoms with Gasteiger partial charge in [-0.05, 0) is 57.4 Å². The van der Waals surface area contributed by atoms with Crippen molar-refractivity contribution in [1.29, 1.82) is 0 Å². The highest BCUT2D eigenvalue weighted by molar-refractivity contribution is 7.98. The molecule has 2 aromatic heterocycles. The molecule has 0 bridgehead atoms. The van der Waals surface area contributed by atoms with Gasteiger partial charge in [0.2, 0.25) is 5.16 Å². The van der Waals surface area contributed by atoms with Gasteiger partial charge >= 0.3 is 0 Å². The highest BCUT2D eigenvalue weighted by Gasteiger charge is 2.14. The Balaban J connectivity index is 1.62. The highest BCUT2D eigenvalue weighted by atomic mass is 32.2. The molecule has 0 aliphatic heterocycles. The lowest BCUT2D eigenvalue weighted by Crippen LogP contribution is -2.15. The van der Waals surface area contributed by atoms with E-state index >= 15 is 0 Å². The lowest BCUT2D eigenvalue weighted by molar-refractivity contribution is 0.102. The summed E-state index contributed by atoms with van der Waals surface area (Å²) in [5.41, 5.74) is 2.39.